The van der Waals surface area contributed by atoms with E-state index in [9.17, 15) is 18.0 Å². The fourth-order valence-electron chi connectivity index (χ4n) is 2.02. The summed E-state index contributed by atoms with van der Waals surface area (Å²) in [6.45, 7) is 2.85. The van der Waals surface area contributed by atoms with Crippen LogP contribution in [0.4, 0.5) is 0 Å². The van der Waals surface area contributed by atoms with E-state index in [1.807, 2.05) is 0 Å². The number of rotatable bonds is 3. The summed E-state index contributed by atoms with van der Waals surface area (Å²) in [7, 11) is -2.20. The van der Waals surface area contributed by atoms with E-state index in [1.54, 1.807) is 0 Å². The first-order valence-corrected chi connectivity index (χ1v) is 8.49. The zero-order valence-corrected chi connectivity index (χ0v) is 13.9. The Kier molecular flexibility index (Phi) is 4.21. The van der Waals surface area contributed by atoms with Gasteiger partial charge in [0.05, 0.1) is 12.0 Å². The topological polar surface area (TPSA) is 96.0 Å². The van der Waals surface area contributed by atoms with Crippen LogP contribution in [0.3, 0.4) is 0 Å². The molecule has 0 saturated carbocycles. The van der Waals surface area contributed by atoms with Gasteiger partial charge in [0.25, 0.3) is 5.79 Å². The maximum absolute atomic E-state index is 11.9. The first-order valence-electron chi connectivity index (χ1n) is 6.60. The number of carbonyl (C=O) groups excluding carboxylic acids is 2. The molecule has 0 unspecified atom stereocenters. The zero-order chi connectivity index (χ0) is 17.4. The summed E-state index contributed by atoms with van der Waals surface area (Å²) in [6.07, 6.45) is 2.15. The molecule has 0 aliphatic carbocycles. The van der Waals surface area contributed by atoms with Gasteiger partial charge in [0.15, 0.2) is 9.84 Å². The molecule has 0 aromatic heterocycles. The Hall–Kier alpha value is -2.35. The van der Waals surface area contributed by atoms with Gasteiger partial charge in [-0.3, -0.25) is 0 Å². The number of ether oxygens (including phenoxy) is 3. The van der Waals surface area contributed by atoms with E-state index < -0.39 is 27.6 Å². The minimum absolute atomic E-state index is 0.0743. The second-order valence-electron chi connectivity index (χ2n) is 5.41. The van der Waals surface area contributed by atoms with Crippen molar-refractivity contribution in [2.45, 2.75) is 24.5 Å². The van der Waals surface area contributed by atoms with Gasteiger partial charge >= 0.3 is 11.9 Å². The van der Waals surface area contributed by atoms with Crippen LogP contribution >= 0.6 is 0 Å². The molecule has 1 aromatic rings. The lowest BCUT2D eigenvalue weighted by Crippen LogP contribution is -2.41. The van der Waals surface area contributed by atoms with E-state index >= 15 is 0 Å². The molecule has 7 nitrogen and oxygen atoms in total. The van der Waals surface area contributed by atoms with Crippen molar-refractivity contribution >= 4 is 27.9 Å². The third kappa shape index (κ3) is 3.70. The molecule has 23 heavy (non-hydrogen) atoms. The van der Waals surface area contributed by atoms with Crippen molar-refractivity contribution < 1.29 is 32.2 Å². The molecule has 0 spiro atoms. The fraction of sp³-hybridized carbons (Fsp3) is 0.333. The molecular formula is C15H16O7S. The van der Waals surface area contributed by atoms with Gasteiger partial charge in [-0.05, 0) is 29.8 Å². The molecule has 1 fully saturated rings. The number of methoxy groups -OCH3 is 1. The monoisotopic (exact) mass is 340 g/mol. The van der Waals surface area contributed by atoms with E-state index in [0.29, 0.717) is 5.75 Å². The van der Waals surface area contributed by atoms with Gasteiger partial charge < -0.3 is 14.2 Å². The highest BCUT2D eigenvalue weighted by atomic mass is 32.2. The molecule has 1 heterocycles. The molecule has 0 radical (unpaired) electrons. The van der Waals surface area contributed by atoms with Crippen molar-refractivity contribution in [1.82, 2.24) is 0 Å². The molecule has 1 aromatic carbocycles. The van der Waals surface area contributed by atoms with Crippen LogP contribution in [0.25, 0.3) is 6.08 Å². The van der Waals surface area contributed by atoms with Crippen molar-refractivity contribution in [2.24, 2.45) is 0 Å². The molecule has 0 bridgehead atoms. The molecule has 0 atom stereocenters. The van der Waals surface area contributed by atoms with Crippen LogP contribution < -0.4 is 4.74 Å². The third-order valence-electron chi connectivity index (χ3n) is 3.04. The number of carbonyl (C=O) groups is 2. The molecule has 0 amide bonds. The summed E-state index contributed by atoms with van der Waals surface area (Å²) >= 11 is 0. The number of esters is 2. The Morgan fingerprint density at radius 2 is 1.70 bits per heavy atom. The summed E-state index contributed by atoms with van der Waals surface area (Å²) in [6, 6.07) is 4.26. The Labute approximate surface area is 133 Å². The summed E-state index contributed by atoms with van der Waals surface area (Å²) in [5.41, 5.74) is -0.212. The van der Waals surface area contributed by atoms with Gasteiger partial charge in [-0.1, -0.05) is 0 Å². The van der Waals surface area contributed by atoms with Gasteiger partial charge in [0.1, 0.15) is 11.3 Å². The zero-order valence-electron chi connectivity index (χ0n) is 13.1. The maximum Gasteiger partial charge on any atom is 0.348 e. The SMILES string of the molecule is COc1ccc(C=C2C(=O)OC(C)(C)OC2=O)c(S(C)(=O)=O)c1. The minimum atomic E-state index is -3.60. The molecule has 2 rings (SSSR count). The van der Waals surface area contributed by atoms with Gasteiger partial charge in [-0.25, -0.2) is 18.0 Å². The molecule has 124 valence electrons. The molecule has 1 aliphatic rings. The number of hydrogen-bond donors (Lipinski definition) is 0. The minimum Gasteiger partial charge on any atom is -0.497 e. The normalized spacial score (nSPS) is 17.3. The average molecular weight is 340 g/mol. The standard InChI is InChI=1S/C15H16O7S/c1-15(2)21-13(16)11(14(17)22-15)7-9-5-6-10(20-3)8-12(9)23(4,18)19/h5-8H,1-4H3. The van der Waals surface area contributed by atoms with Gasteiger partial charge in [-0.15, -0.1) is 0 Å². The van der Waals surface area contributed by atoms with E-state index in [-0.39, 0.29) is 16.0 Å². The second-order valence-corrected chi connectivity index (χ2v) is 7.40. The highest BCUT2D eigenvalue weighted by Gasteiger charge is 2.39. The van der Waals surface area contributed by atoms with Crippen molar-refractivity contribution in [1.29, 1.82) is 0 Å². The Morgan fingerprint density at radius 3 is 2.17 bits per heavy atom. The maximum atomic E-state index is 11.9. The van der Waals surface area contributed by atoms with Crippen LogP contribution in [0.5, 0.6) is 5.75 Å². The van der Waals surface area contributed by atoms with E-state index in [2.05, 4.69) is 0 Å². The molecule has 8 heteroatoms. The highest BCUT2D eigenvalue weighted by molar-refractivity contribution is 7.90. The Bertz CT molecular complexity index is 781. The van der Waals surface area contributed by atoms with Gasteiger partial charge in [0.2, 0.25) is 0 Å². The van der Waals surface area contributed by atoms with Crippen molar-refractivity contribution in [2.75, 3.05) is 13.4 Å². The lowest BCUT2D eigenvalue weighted by atomic mass is 10.1. The molecular weight excluding hydrogens is 324 g/mol. The molecule has 1 saturated heterocycles. The van der Waals surface area contributed by atoms with Gasteiger partial charge in [0, 0.05) is 20.1 Å². The third-order valence-corrected chi connectivity index (χ3v) is 4.19. The highest BCUT2D eigenvalue weighted by Crippen LogP contribution is 2.28. The first kappa shape index (κ1) is 17.0. The smallest absolute Gasteiger partial charge is 0.348 e. The second kappa shape index (κ2) is 5.69. The quantitative estimate of drug-likeness (QED) is 0.465. The predicted molar refractivity (Wildman–Crippen MR) is 80.3 cm³/mol. The van der Waals surface area contributed by atoms with Crippen molar-refractivity contribution in [3.05, 3.63) is 29.3 Å². The van der Waals surface area contributed by atoms with Crippen LogP contribution in [0.2, 0.25) is 0 Å². The Morgan fingerprint density at radius 1 is 1.13 bits per heavy atom. The van der Waals surface area contributed by atoms with Crippen LogP contribution in [0.1, 0.15) is 19.4 Å². The number of cyclic esters (lactones) is 2. The summed E-state index contributed by atoms with van der Waals surface area (Å²) in [4.78, 5) is 23.8. The van der Waals surface area contributed by atoms with Crippen LogP contribution in [-0.2, 0) is 28.9 Å². The van der Waals surface area contributed by atoms with Crippen LogP contribution in [0.15, 0.2) is 28.7 Å². The number of benzene rings is 1. The molecule has 1 aliphatic heterocycles. The predicted octanol–water partition coefficient (Wildman–Crippen LogP) is 1.32. The summed E-state index contributed by atoms with van der Waals surface area (Å²) in [5, 5.41) is 0. The van der Waals surface area contributed by atoms with Crippen molar-refractivity contribution in [3.8, 4) is 5.75 Å². The van der Waals surface area contributed by atoms with E-state index in [4.69, 9.17) is 14.2 Å². The lowest BCUT2D eigenvalue weighted by molar-refractivity contribution is -0.222. The Balaban J connectivity index is 2.55. The van der Waals surface area contributed by atoms with Gasteiger partial charge in [-0.2, -0.15) is 0 Å². The van der Waals surface area contributed by atoms with E-state index in [0.717, 1.165) is 12.3 Å². The number of sulfone groups is 1. The van der Waals surface area contributed by atoms with Crippen LogP contribution in [0, 0.1) is 0 Å². The molecule has 0 N–H and O–H groups in total. The fourth-order valence-corrected chi connectivity index (χ4v) is 2.90. The largest absolute Gasteiger partial charge is 0.497 e. The number of hydrogen-bond acceptors (Lipinski definition) is 7. The summed E-state index contributed by atoms with van der Waals surface area (Å²) in [5.74, 6) is -2.77. The first-order chi connectivity index (χ1) is 10.5. The summed E-state index contributed by atoms with van der Waals surface area (Å²) < 4.78 is 38.8. The average Bonchev–Trinajstić information content (AvgIpc) is 2.40. The van der Waals surface area contributed by atoms with Crippen molar-refractivity contribution in [3.63, 3.8) is 0 Å². The van der Waals surface area contributed by atoms with Crippen LogP contribution in [-0.4, -0.2) is 39.5 Å². The van der Waals surface area contributed by atoms with E-state index in [1.165, 1.54) is 39.2 Å². The lowest BCUT2D eigenvalue weighted by Gasteiger charge is -2.29.